The number of benzene rings is 1. The van der Waals surface area contributed by atoms with Crippen molar-refractivity contribution < 1.29 is 17.9 Å². The number of anilines is 1. The fraction of sp³-hybridized carbons (Fsp3) is 0.533. The Morgan fingerprint density at radius 3 is 2.55 bits per heavy atom. The molecule has 22 heavy (non-hydrogen) atoms. The SMILES string of the molecule is CCN(c1ccc(C(=O)NCC2CCCO2)cc1)S(C)(=O)=O. The van der Waals surface area contributed by atoms with Crippen LogP contribution in [0.25, 0.3) is 0 Å². The van der Waals surface area contributed by atoms with Gasteiger partial charge in [-0.05, 0) is 44.0 Å². The van der Waals surface area contributed by atoms with Gasteiger partial charge in [-0.1, -0.05) is 0 Å². The van der Waals surface area contributed by atoms with Crippen LogP contribution in [0.15, 0.2) is 24.3 Å². The van der Waals surface area contributed by atoms with Crippen molar-refractivity contribution in [3.63, 3.8) is 0 Å². The van der Waals surface area contributed by atoms with Crippen molar-refractivity contribution in [3.05, 3.63) is 29.8 Å². The maximum Gasteiger partial charge on any atom is 0.251 e. The second kappa shape index (κ2) is 7.11. The number of hydrogen-bond acceptors (Lipinski definition) is 4. The summed E-state index contributed by atoms with van der Waals surface area (Å²) in [6, 6.07) is 6.55. The molecule has 1 N–H and O–H groups in total. The lowest BCUT2D eigenvalue weighted by atomic mass is 10.2. The summed E-state index contributed by atoms with van der Waals surface area (Å²) in [5, 5.41) is 2.84. The first-order valence-electron chi connectivity index (χ1n) is 7.39. The normalized spacial score (nSPS) is 18.2. The molecule has 2 rings (SSSR count). The van der Waals surface area contributed by atoms with E-state index in [1.165, 1.54) is 10.6 Å². The van der Waals surface area contributed by atoms with E-state index in [-0.39, 0.29) is 12.0 Å². The van der Waals surface area contributed by atoms with Crippen LogP contribution >= 0.6 is 0 Å². The Morgan fingerprint density at radius 2 is 2.05 bits per heavy atom. The van der Waals surface area contributed by atoms with Crippen molar-refractivity contribution >= 4 is 21.6 Å². The number of nitrogens with one attached hydrogen (secondary N) is 1. The van der Waals surface area contributed by atoms with Gasteiger partial charge in [0, 0.05) is 25.3 Å². The number of rotatable bonds is 6. The van der Waals surface area contributed by atoms with Crippen LogP contribution in [-0.2, 0) is 14.8 Å². The molecule has 1 aliphatic rings. The molecule has 0 bridgehead atoms. The molecule has 0 aromatic heterocycles. The smallest absolute Gasteiger partial charge is 0.251 e. The molecular formula is C15H22N2O4S. The number of ether oxygens (including phenoxy) is 1. The average Bonchev–Trinajstić information content (AvgIpc) is 2.98. The molecule has 0 saturated carbocycles. The molecule has 1 saturated heterocycles. The van der Waals surface area contributed by atoms with Crippen LogP contribution in [0.1, 0.15) is 30.1 Å². The van der Waals surface area contributed by atoms with Crippen molar-refractivity contribution in [2.75, 3.05) is 30.3 Å². The predicted octanol–water partition coefficient (Wildman–Crippen LogP) is 1.38. The highest BCUT2D eigenvalue weighted by Gasteiger charge is 2.18. The van der Waals surface area contributed by atoms with E-state index in [0.717, 1.165) is 19.4 Å². The Labute approximate surface area is 131 Å². The fourth-order valence-corrected chi connectivity index (χ4v) is 3.48. The molecule has 1 aromatic rings. The monoisotopic (exact) mass is 326 g/mol. The van der Waals surface area contributed by atoms with Gasteiger partial charge in [0.15, 0.2) is 0 Å². The minimum absolute atomic E-state index is 0.101. The molecule has 1 aliphatic heterocycles. The molecule has 0 spiro atoms. The van der Waals surface area contributed by atoms with E-state index in [1.54, 1.807) is 31.2 Å². The van der Waals surface area contributed by atoms with Crippen LogP contribution < -0.4 is 9.62 Å². The quantitative estimate of drug-likeness (QED) is 0.857. The Bertz CT molecular complexity index is 607. The summed E-state index contributed by atoms with van der Waals surface area (Å²) in [6.07, 6.45) is 3.27. The zero-order valence-corrected chi connectivity index (χ0v) is 13.7. The van der Waals surface area contributed by atoms with Crippen LogP contribution in [0.5, 0.6) is 0 Å². The third-order valence-corrected chi connectivity index (χ3v) is 4.89. The van der Waals surface area contributed by atoms with E-state index >= 15 is 0 Å². The summed E-state index contributed by atoms with van der Waals surface area (Å²) < 4.78 is 30.1. The maximum absolute atomic E-state index is 12.1. The third kappa shape index (κ3) is 4.20. The molecule has 1 heterocycles. The van der Waals surface area contributed by atoms with Crippen molar-refractivity contribution in [3.8, 4) is 0 Å². The lowest BCUT2D eigenvalue weighted by Gasteiger charge is -2.20. The molecule has 1 fully saturated rings. The summed E-state index contributed by atoms with van der Waals surface area (Å²) in [5.41, 5.74) is 1.06. The Balaban J connectivity index is 1.99. The highest BCUT2D eigenvalue weighted by Crippen LogP contribution is 2.18. The summed E-state index contributed by atoms with van der Waals surface area (Å²) in [4.78, 5) is 12.1. The second-order valence-electron chi connectivity index (χ2n) is 5.32. The van der Waals surface area contributed by atoms with Gasteiger partial charge in [-0.2, -0.15) is 0 Å². The number of carbonyl (C=O) groups is 1. The van der Waals surface area contributed by atoms with Gasteiger partial charge in [0.2, 0.25) is 10.0 Å². The molecule has 1 amide bonds. The predicted molar refractivity (Wildman–Crippen MR) is 85.6 cm³/mol. The van der Waals surface area contributed by atoms with Gasteiger partial charge in [-0.3, -0.25) is 9.10 Å². The Kier molecular flexibility index (Phi) is 5.42. The Hall–Kier alpha value is -1.60. The van der Waals surface area contributed by atoms with Crippen LogP contribution in [0.4, 0.5) is 5.69 Å². The Morgan fingerprint density at radius 1 is 1.36 bits per heavy atom. The van der Waals surface area contributed by atoms with E-state index < -0.39 is 10.0 Å². The highest BCUT2D eigenvalue weighted by molar-refractivity contribution is 7.92. The number of nitrogens with zero attached hydrogens (tertiary/aromatic N) is 1. The highest BCUT2D eigenvalue weighted by atomic mass is 32.2. The number of carbonyl (C=O) groups excluding carboxylic acids is 1. The van der Waals surface area contributed by atoms with Crippen molar-refractivity contribution in [2.24, 2.45) is 0 Å². The first-order valence-corrected chi connectivity index (χ1v) is 9.24. The van der Waals surface area contributed by atoms with Gasteiger partial charge in [0.05, 0.1) is 18.0 Å². The first-order chi connectivity index (χ1) is 10.4. The largest absolute Gasteiger partial charge is 0.376 e. The average molecular weight is 326 g/mol. The van der Waals surface area contributed by atoms with Crippen LogP contribution in [0, 0.1) is 0 Å². The molecule has 1 unspecified atom stereocenters. The second-order valence-corrected chi connectivity index (χ2v) is 7.23. The van der Waals surface area contributed by atoms with Crippen LogP contribution in [0.2, 0.25) is 0 Å². The molecular weight excluding hydrogens is 304 g/mol. The molecule has 0 radical (unpaired) electrons. The number of sulfonamides is 1. The van der Waals surface area contributed by atoms with Gasteiger partial charge < -0.3 is 10.1 Å². The van der Waals surface area contributed by atoms with E-state index in [4.69, 9.17) is 4.74 Å². The fourth-order valence-electron chi connectivity index (χ4n) is 2.50. The van der Waals surface area contributed by atoms with Gasteiger partial charge >= 0.3 is 0 Å². The van der Waals surface area contributed by atoms with Gasteiger partial charge in [0.1, 0.15) is 0 Å². The van der Waals surface area contributed by atoms with Crippen molar-refractivity contribution in [1.82, 2.24) is 5.32 Å². The molecule has 122 valence electrons. The van der Waals surface area contributed by atoms with Crippen LogP contribution in [-0.4, -0.2) is 46.4 Å². The lowest BCUT2D eigenvalue weighted by molar-refractivity contribution is 0.0858. The lowest BCUT2D eigenvalue weighted by Crippen LogP contribution is -2.32. The minimum Gasteiger partial charge on any atom is -0.376 e. The first kappa shape index (κ1) is 16.8. The minimum atomic E-state index is -3.31. The standard InChI is InChI=1S/C15H22N2O4S/c1-3-17(22(2,19)20)13-8-6-12(7-9-13)15(18)16-11-14-5-4-10-21-14/h6-9,14H,3-5,10-11H2,1-2H3,(H,16,18). The topological polar surface area (TPSA) is 75.7 Å². The van der Waals surface area contributed by atoms with Gasteiger partial charge in [-0.25, -0.2) is 8.42 Å². The zero-order valence-electron chi connectivity index (χ0n) is 12.9. The van der Waals surface area contributed by atoms with E-state index in [1.807, 2.05) is 0 Å². The molecule has 1 atom stereocenters. The van der Waals surface area contributed by atoms with E-state index in [0.29, 0.717) is 24.3 Å². The summed E-state index contributed by atoms with van der Waals surface area (Å²) in [7, 11) is -3.31. The third-order valence-electron chi connectivity index (χ3n) is 3.62. The number of amides is 1. The molecule has 6 nitrogen and oxygen atoms in total. The molecule has 0 aliphatic carbocycles. The van der Waals surface area contributed by atoms with E-state index in [2.05, 4.69) is 5.32 Å². The molecule has 7 heteroatoms. The van der Waals surface area contributed by atoms with Gasteiger partial charge in [0.25, 0.3) is 5.91 Å². The van der Waals surface area contributed by atoms with Crippen molar-refractivity contribution in [2.45, 2.75) is 25.9 Å². The zero-order chi connectivity index (χ0) is 16.2. The molecule has 1 aromatic carbocycles. The van der Waals surface area contributed by atoms with Crippen LogP contribution in [0.3, 0.4) is 0 Å². The summed E-state index contributed by atoms with van der Waals surface area (Å²) in [5.74, 6) is -0.176. The van der Waals surface area contributed by atoms with Crippen molar-refractivity contribution in [1.29, 1.82) is 0 Å². The van der Waals surface area contributed by atoms with E-state index in [9.17, 15) is 13.2 Å². The summed E-state index contributed by atoms with van der Waals surface area (Å²) in [6.45, 7) is 3.38. The van der Waals surface area contributed by atoms with Gasteiger partial charge in [-0.15, -0.1) is 0 Å². The number of hydrogen-bond donors (Lipinski definition) is 1. The summed E-state index contributed by atoms with van der Waals surface area (Å²) >= 11 is 0. The maximum atomic E-state index is 12.1.